The van der Waals surface area contributed by atoms with Crippen molar-refractivity contribution in [2.45, 2.75) is 31.6 Å². The molecule has 8 nitrogen and oxygen atoms in total. The third-order valence-corrected chi connectivity index (χ3v) is 4.14. The number of ether oxygens (including phenoxy) is 1. The van der Waals surface area contributed by atoms with Crippen molar-refractivity contribution in [1.82, 2.24) is 10.2 Å². The maximum absolute atomic E-state index is 12.2. The Morgan fingerprint density at radius 1 is 1.38 bits per heavy atom. The van der Waals surface area contributed by atoms with Gasteiger partial charge in [0.1, 0.15) is 6.10 Å². The number of nitrogens with zero attached hydrogens (tertiary/aromatic N) is 1. The maximum Gasteiger partial charge on any atom is 0.324 e. The molecular weight excluding hydrogens is 312 g/mol. The predicted molar refractivity (Wildman–Crippen MR) is 86.0 cm³/mol. The number of carbonyl (C=O) groups excluding carboxylic acids is 3. The first-order valence-electron chi connectivity index (χ1n) is 7.90. The van der Waals surface area contributed by atoms with Crippen molar-refractivity contribution < 1.29 is 19.1 Å². The van der Waals surface area contributed by atoms with Crippen molar-refractivity contribution in [2.75, 3.05) is 18.4 Å². The highest BCUT2D eigenvalue weighted by Crippen LogP contribution is 2.21. The molecule has 0 aliphatic carbocycles. The van der Waals surface area contributed by atoms with E-state index < -0.39 is 12.1 Å². The number of hydrogen-bond donors (Lipinski definition) is 3. The van der Waals surface area contributed by atoms with Crippen LogP contribution >= 0.6 is 0 Å². The molecule has 4 amide bonds. The standard InChI is InChI=1S/C16H20N4O4/c17-7-12-4-5-13(24-12)15(22)19-11-3-1-2-10(6-11)9-20-14(21)8-18-16(20)23/h1-3,6,12-13H,4-5,7-9,17H2,(H,18,23)(H,19,22)/t12-,13+/m1/s1. The van der Waals surface area contributed by atoms with Crippen molar-refractivity contribution in [3.05, 3.63) is 29.8 Å². The van der Waals surface area contributed by atoms with Crippen LogP contribution < -0.4 is 16.4 Å². The Bertz CT molecular complexity index is 647. The number of imide groups is 1. The van der Waals surface area contributed by atoms with Crippen molar-refractivity contribution in [3.63, 3.8) is 0 Å². The fourth-order valence-corrected chi connectivity index (χ4v) is 2.84. The monoisotopic (exact) mass is 332 g/mol. The van der Waals surface area contributed by atoms with Gasteiger partial charge >= 0.3 is 6.03 Å². The molecule has 128 valence electrons. The molecule has 2 saturated heterocycles. The highest BCUT2D eigenvalue weighted by Gasteiger charge is 2.30. The van der Waals surface area contributed by atoms with Crippen LogP contribution in [0.3, 0.4) is 0 Å². The Morgan fingerprint density at radius 2 is 2.21 bits per heavy atom. The summed E-state index contributed by atoms with van der Waals surface area (Å²) in [5.74, 6) is -0.472. The highest BCUT2D eigenvalue weighted by atomic mass is 16.5. The number of nitrogens with one attached hydrogen (secondary N) is 2. The summed E-state index contributed by atoms with van der Waals surface area (Å²) < 4.78 is 5.57. The molecule has 0 spiro atoms. The summed E-state index contributed by atoms with van der Waals surface area (Å²) in [5.41, 5.74) is 6.90. The number of carbonyl (C=O) groups is 3. The first-order chi connectivity index (χ1) is 11.6. The van der Waals surface area contributed by atoms with Crippen molar-refractivity contribution in [3.8, 4) is 0 Å². The number of benzene rings is 1. The molecule has 24 heavy (non-hydrogen) atoms. The smallest absolute Gasteiger partial charge is 0.324 e. The SMILES string of the molecule is NC[C@H]1CC[C@@H](C(=O)Nc2cccc(CN3C(=O)CNC3=O)c2)O1. The van der Waals surface area contributed by atoms with Crippen LogP contribution in [0, 0.1) is 0 Å². The molecule has 3 rings (SSSR count). The molecule has 2 aliphatic rings. The number of nitrogens with two attached hydrogens (primary N) is 1. The summed E-state index contributed by atoms with van der Waals surface area (Å²) in [6, 6.07) is 6.66. The second kappa shape index (κ2) is 6.98. The summed E-state index contributed by atoms with van der Waals surface area (Å²) in [6.07, 6.45) is 0.872. The first kappa shape index (κ1) is 16.4. The molecule has 0 radical (unpaired) electrons. The molecule has 2 heterocycles. The van der Waals surface area contributed by atoms with Gasteiger partial charge in [-0.15, -0.1) is 0 Å². The zero-order valence-electron chi connectivity index (χ0n) is 13.2. The number of urea groups is 1. The normalized spacial score (nSPS) is 23.5. The number of rotatable bonds is 5. The fourth-order valence-electron chi connectivity index (χ4n) is 2.84. The minimum atomic E-state index is -0.492. The van der Waals surface area contributed by atoms with E-state index in [1.807, 2.05) is 0 Å². The van der Waals surface area contributed by atoms with Gasteiger partial charge in [0.25, 0.3) is 5.91 Å². The van der Waals surface area contributed by atoms with Gasteiger partial charge in [0.15, 0.2) is 0 Å². The maximum atomic E-state index is 12.2. The van der Waals surface area contributed by atoms with Crippen LogP contribution in [0.4, 0.5) is 10.5 Å². The summed E-state index contributed by atoms with van der Waals surface area (Å²) in [4.78, 5) is 36.6. The van der Waals surface area contributed by atoms with Gasteiger partial charge in [-0.05, 0) is 30.5 Å². The van der Waals surface area contributed by atoms with Crippen LogP contribution in [-0.2, 0) is 20.9 Å². The van der Waals surface area contributed by atoms with Crippen LogP contribution in [0.15, 0.2) is 24.3 Å². The lowest BCUT2D eigenvalue weighted by Crippen LogP contribution is -2.31. The Kier molecular flexibility index (Phi) is 4.77. The molecule has 2 atom stereocenters. The molecule has 0 saturated carbocycles. The van der Waals surface area contributed by atoms with Gasteiger partial charge in [0.05, 0.1) is 19.2 Å². The van der Waals surface area contributed by atoms with Gasteiger partial charge in [-0.3, -0.25) is 14.5 Å². The lowest BCUT2D eigenvalue weighted by atomic mass is 10.1. The zero-order chi connectivity index (χ0) is 17.1. The molecule has 2 aliphatic heterocycles. The van der Waals surface area contributed by atoms with E-state index in [1.54, 1.807) is 24.3 Å². The average Bonchev–Trinajstić information content (AvgIpc) is 3.17. The number of anilines is 1. The lowest BCUT2D eigenvalue weighted by molar-refractivity contribution is -0.126. The Morgan fingerprint density at radius 3 is 2.88 bits per heavy atom. The summed E-state index contributed by atoms with van der Waals surface area (Å²) >= 11 is 0. The summed E-state index contributed by atoms with van der Waals surface area (Å²) in [7, 11) is 0. The number of amides is 4. The Hall–Kier alpha value is -2.45. The Balaban J connectivity index is 1.62. The molecule has 1 aromatic carbocycles. The van der Waals surface area contributed by atoms with Gasteiger partial charge in [-0.2, -0.15) is 0 Å². The molecule has 0 unspecified atom stereocenters. The molecule has 0 bridgehead atoms. The molecule has 4 N–H and O–H groups in total. The van der Waals surface area contributed by atoms with E-state index in [-0.39, 0.29) is 31.0 Å². The van der Waals surface area contributed by atoms with E-state index in [9.17, 15) is 14.4 Å². The van der Waals surface area contributed by atoms with E-state index >= 15 is 0 Å². The minimum Gasteiger partial charge on any atom is -0.364 e. The van der Waals surface area contributed by atoms with Crippen LogP contribution in [0.1, 0.15) is 18.4 Å². The van der Waals surface area contributed by atoms with Gasteiger partial charge < -0.3 is 21.1 Å². The van der Waals surface area contributed by atoms with E-state index in [2.05, 4.69) is 10.6 Å². The molecular formula is C16H20N4O4. The third kappa shape index (κ3) is 3.55. The third-order valence-electron chi connectivity index (χ3n) is 4.14. The van der Waals surface area contributed by atoms with E-state index in [0.717, 1.165) is 16.9 Å². The van der Waals surface area contributed by atoms with Gasteiger partial charge in [0, 0.05) is 12.2 Å². The van der Waals surface area contributed by atoms with E-state index in [0.29, 0.717) is 18.7 Å². The summed E-state index contributed by atoms with van der Waals surface area (Å²) in [5, 5.41) is 5.28. The number of hydrogen-bond acceptors (Lipinski definition) is 5. The fraction of sp³-hybridized carbons (Fsp3) is 0.438. The topological polar surface area (TPSA) is 114 Å². The second-order valence-electron chi connectivity index (χ2n) is 5.89. The van der Waals surface area contributed by atoms with Crippen LogP contribution in [0.5, 0.6) is 0 Å². The quantitative estimate of drug-likeness (QED) is 0.666. The van der Waals surface area contributed by atoms with Gasteiger partial charge in [-0.1, -0.05) is 12.1 Å². The summed E-state index contributed by atoms with van der Waals surface area (Å²) in [6.45, 7) is 0.603. The van der Waals surface area contributed by atoms with Crippen molar-refractivity contribution in [1.29, 1.82) is 0 Å². The molecule has 1 aromatic rings. The highest BCUT2D eigenvalue weighted by molar-refractivity contribution is 6.01. The Labute approximate surface area is 139 Å². The van der Waals surface area contributed by atoms with Gasteiger partial charge in [-0.25, -0.2) is 4.79 Å². The van der Waals surface area contributed by atoms with Gasteiger partial charge in [0.2, 0.25) is 5.91 Å². The average molecular weight is 332 g/mol. The van der Waals surface area contributed by atoms with Crippen molar-refractivity contribution >= 4 is 23.5 Å². The van der Waals surface area contributed by atoms with Crippen LogP contribution in [0.2, 0.25) is 0 Å². The first-order valence-corrected chi connectivity index (χ1v) is 7.90. The van der Waals surface area contributed by atoms with Crippen LogP contribution in [-0.4, -0.2) is 48.0 Å². The van der Waals surface area contributed by atoms with Crippen molar-refractivity contribution in [2.24, 2.45) is 5.73 Å². The minimum absolute atomic E-state index is 0.0244. The zero-order valence-corrected chi connectivity index (χ0v) is 13.2. The lowest BCUT2D eigenvalue weighted by Gasteiger charge is -2.15. The largest absolute Gasteiger partial charge is 0.364 e. The molecule has 2 fully saturated rings. The van der Waals surface area contributed by atoms with E-state index in [4.69, 9.17) is 10.5 Å². The molecule has 8 heteroatoms. The molecule has 0 aromatic heterocycles. The van der Waals surface area contributed by atoms with E-state index in [1.165, 1.54) is 0 Å². The second-order valence-corrected chi connectivity index (χ2v) is 5.89. The van der Waals surface area contributed by atoms with Crippen LogP contribution in [0.25, 0.3) is 0 Å². The predicted octanol–water partition coefficient (Wildman–Crippen LogP) is 0.183.